The monoisotopic (exact) mass is 322 g/mol. The van der Waals surface area contributed by atoms with Gasteiger partial charge in [-0.15, -0.1) is 0 Å². The zero-order chi connectivity index (χ0) is 16.8. The van der Waals surface area contributed by atoms with Crippen LogP contribution in [0.15, 0.2) is 36.4 Å². The first-order chi connectivity index (χ1) is 11.0. The second-order valence-corrected chi connectivity index (χ2v) is 5.10. The van der Waals surface area contributed by atoms with Crippen LogP contribution in [0.4, 0.5) is 18.9 Å². The van der Waals surface area contributed by atoms with Gasteiger partial charge < -0.3 is 10.6 Å². The van der Waals surface area contributed by atoms with Gasteiger partial charge in [-0.3, -0.25) is 4.79 Å². The van der Waals surface area contributed by atoms with Crippen LogP contribution in [0.1, 0.15) is 11.1 Å². The van der Waals surface area contributed by atoms with Crippen molar-refractivity contribution in [3.05, 3.63) is 65.0 Å². The molecule has 0 atom stereocenters. The molecule has 0 aliphatic rings. The molecule has 2 aromatic carbocycles. The third kappa shape index (κ3) is 4.48. The van der Waals surface area contributed by atoms with E-state index in [1.165, 1.54) is 0 Å². The number of anilines is 1. The van der Waals surface area contributed by atoms with Crippen molar-refractivity contribution in [1.29, 1.82) is 0 Å². The van der Waals surface area contributed by atoms with E-state index >= 15 is 0 Å². The Morgan fingerprint density at radius 1 is 1.04 bits per heavy atom. The van der Waals surface area contributed by atoms with E-state index in [1.807, 2.05) is 31.2 Å². The Kier molecular flexibility index (Phi) is 5.62. The third-order valence-electron chi connectivity index (χ3n) is 3.45. The summed E-state index contributed by atoms with van der Waals surface area (Å²) in [7, 11) is 0. The number of nitrogens with one attached hydrogen (secondary N) is 2. The average Bonchev–Trinajstić information content (AvgIpc) is 2.54. The fraction of sp³-hybridized carbons (Fsp3) is 0.235. The normalized spacial score (nSPS) is 10.4. The van der Waals surface area contributed by atoms with Crippen molar-refractivity contribution in [3.8, 4) is 0 Å². The van der Waals surface area contributed by atoms with Crippen molar-refractivity contribution in [2.75, 3.05) is 18.4 Å². The lowest BCUT2D eigenvalue weighted by Crippen LogP contribution is -2.31. The molecule has 0 heterocycles. The number of rotatable bonds is 6. The average molecular weight is 322 g/mol. The summed E-state index contributed by atoms with van der Waals surface area (Å²) in [5.74, 6) is -4.52. The molecule has 2 N–H and O–H groups in total. The van der Waals surface area contributed by atoms with Gasteiger partial charge in [0, 0.05) is 6.54 Å². The largest absolute Gasteiger partial charge is 0.374 e. The summed E-state index contributed by atoms with van der Waals surface area (Å²) in [6.07, 6.45) is 0.679. The Morgan fingerprint density at radius 3 is 2.52 bits per heavy atom. The predicted octanol–water partition coefficient (Wildman–Crippen LogP) is 3.18. The minimum Gasteiger partial charge on any atom is -0.374 e. The molecule has 6 heteroatoms. The number of hydrogen-bond donors (Lipinski definition) is 2. The molecule has 0 aliphatic carbocycles. The minimum absolute atomic E-state index is 0.226. The Balaban J connectivity index is 1.80. The highest BCUT2D eigenvalue weighted by Crippen LogP contribution is 2.19. The molecular formula is C17H17F3N2O. The fourth-order valence-corrected chi connectivity index (χ4v) is 2.13. The second-order valence-electron chi connectivity index (χ2n) is 5.10. The zero-order valence-corrected chi connectivity index (χ0v) is 12.6. The maximum Gasteiger partial charge on any atom is 0.239 e. The van der Waals surface area contributed by atoms with Crippen LogP contribution in [0.25, 0.3) is 0 Å². The van der Waals surface area contributed by atoms with Crippen molar-refractivity contribution in [2.45, 2.75) is 13.3 Å². The Bertz CT molecular complexity index is 704. The van der Waals surface area contributed by atoms with E-state index in [-0.39, 0.29) is 18.1 Å². The first-order valence-electron chi connectivity index (χ1n) is 7.17. The standard InChI is InChI=1S/C17H17F3N2O/c1-11-4-2-3-5-12(11)8-9-21-15(23)10-22-14-7-6-13(18)16(19)17(14)20/h2-7,22H,8-10H2,1H3,(H,21,23). The molecule has 0 spiro atoms. The van der Waals surface area contributed by atoms with E-state index in [0.717, 1.165) is 23.3 Å². The van der Waals surface area contributed by atoms with Gasteiger partial charge in [0.15, 0.2) is 17.5 Å². The van der Waals surface area contributed by atoms with Crippen LogP contribution in [0.2, 0.25) is 0 Å². The van der Waals surface area contributed by atoms with E-state index in [2.05, 4.69) is 10.6 Å². The Morgan fingerprint density at radius 2 is 1.78 bits per heavy atom. The summed E-state index contributed by atoms with van der Waals surface area (Å²) in [5.41, 5.74) is 2.02. The van der Waals surface area contributed by atoms with Gasteiger partial charge in [0.05, 0.1) is 12.2 Å². The summed E-state index contributed by atoms with van der Waals surface area (Å²) in [5, 5.41) is 5.13. The molecule has 23 heavy (non-hydrogen) atoms. The maximum absolute atomic E-state index is 13.4. The maximum atomic E-state index is 13.4. The smallest absolute Gasteiger partial charge is 0.239 e. The topological polar surface area (TPSA) is 41.1 Å². The molecule has 3 nitrogen and oxygen atoms in total. The molecule has 2 aromatic rings. The Labute approximate surface area is 132 Å². The molecule has 1 amide bonds. The van der Waals surface area contributed by atoms with E-state index < -0.39 is 17.5 Å². The summed E-state index contributed by atoms with van der Waals surface area (Å²) < 4.78 is 39.3. The van der Waals surface area contributed by atoms with Crippen LogP contribution in [0.3, 0.4) is 0 Å². The predicted molar refractivity (Wildman–Crippen MR) is 82.7 cm³/mol. The second kappa shape index (κ2) is 7.67. The number of carbonyl (C=O) groups excluding carboxylic acids is 1. The first-order valence-corrected chi connectivity index (χ1v) is 7.17. The molecule has 0 unspecified atom stereocenters. The number of amides is 1. The van der Waals surface area contributed by atoms with Crippen LogP contribution >= 0.6 is 0 Å². The minimum atomic E-state index is -1.56. The summed E-state index contributed by atoms with van der Waals surface area (Å²) in [4.78, 5) is 11.7. The van der Waals surface area contributed by atoms with E-state index in [4.69, 9.17) is 0 Å². The van der Waals surface area contributed by atoms with Crippen LogP contribution in [-0.4, -0.2) is 19.0 Å². The summed E-state index contributed by atoms with van der Waals surface area (Å²) in [6, 6.07) is 9.70. The van der Waals surface area contributed by atoms with Gasteiger partial charge in [0.1, 0.15) is 0 Å². The number of benzene rings is 2. The van der Waals surface area contributed by atoms with E-state index in [0.29, 0.717) is 13.0 Å². The molecule has 0 saturated heterocycles. The van der Waals surface area contributed by atoms with Crippen molar-refractivity contribution in [2.24, 2.45) is 0 Å². The van der Waals surface area contributed by atoms with E-state index in [1.54, 1.807) is 0 Å². The van der Waals surface area contributed by atoms with Crippen LogP contribution in [0.5, 0.6) is 0 Å². The molecule has 0 fully saturated rings. The summed E-state index contributed by atoms with van der Waals surface area (Å²) in [6.45, 7) is 2.20. The third-order valence-corrected chi connectivity index (χ3v) is 3.45. The quantitative estimate of drug-likeness (QED) is 0.802. The van der Waals surface area contributed by atoms with Gasteiger partial charge in [-0.25, -0.2) is 13.2 Å². The van der Waals surface area contributed by atoms with Gasteiger partial charge in [-0.05, 0) is 36.6 Å². The lowest BCUT2D eigenvalue weighted by molar-refractivity contribution is -0.119. The van der Waals surface area contributed by atoms with Gasteiger partial charge in [-0.2, -0.15) is 0 Å². The van der Waals surface area contributed by atoms with Crippen LogP contribution in [0, 0.1) is 24.4 Å². The zero-order valence-electron chi connectivity index (χ0n) is 12.6. The SMILES string of the molecule is Cc1ccccc1CCNC(=O)CNc1ccc(F)c(F)c1F. The molecule has 0 radical (unpaired) electrons. The number of halogens is 3. The number of carbonyl (C=O) groups is 1. The van der Waals surface area contributed by atoms with Gasteiger partial charge >= 0.3 is 0 Å². The van der Waals surface area contributed by atoms with Gasteiger partial charge in [0.25, 0.3) is 0 Å². The number of aryl methyl sites for hydroxylation is 1. The molecule has 2 rings (SSSR count). The van der Waals surface area contributed by atoms with Crippen molar-refractivity contribution < 1.29 is 18.0 Å². The van der Waals surface area contributed by atoms with Crippen LogP contribution < -0.4 is 10.6 Å². The van der Waals surface area contributed by atoms with Crippen molar-refractivity contribution >= 4 is 11.6 Å². The molecular weight excluding hydrogens is 305 g/mol. The van der Waals surface area contributed by atoms with Gasteiger partial charge in [-0.1, -0.05) is 24.3 Å². The molecule has 122 valence electrons. The molecule has 0 saturated carbocycles. The number of hydrogen-bond acceptors (Lipinski definition) is 2. The lowest BCUT2D eigenvalue weighted by Gasteiger charge is -2.10. The highest BCUT2D eigenvalue weighted by atomic mass is 19.2. The van der Waals surface area contributed by atoms with Gasteiger partial charge in [0.2, 0.25) is 5.91 Å². The molecule has 0 bridgehead atoms. The fourth-order valence-electron chi connectivity index (χ4n) is 2.13. The lowest BCUT2D eigenvalue weighted by atomic mass is 10.1. The van der Waals surface area contributed by atoms with E-state index in [9.17, 15) is 18.0 Å². The molecule has 0 aliphatic heterocycles. The van der Waals surface area contributed by atoms with Crippen molar-refractivity contribution in [1.82, 2.24) is 5.32 Å². The van der Waals surface area contributed by atoms with Crippen LogP contribution in [-0.2, 0) is 11.2 Å². The first kappa shape index (κ1) is 16.9. The highest BCUT2D eigenvalue weighted by Gasteiger charge is 2.13. The molecule has 0 aromatic heterocycles. The Hall–Kier alpha value is -2.50. The highest BCUT2D eigenvalue weighted by molar-refractivity contribution is 5.80. The summed E-state index contributed by atoms with van der Waals surface area (Å²) >= 11 is 0. The van der Waals surface area contributed by atoms with Crippen molar-refractivity contribution in [3.63, 3.8) is 0 Å².